The maximum atomic E-state index is 11.2. The van der Waals surface area contributed by atoms with Gasteiger partial charge >= 0.3 is 5.97 Å². The summed E-state index contributed by atoms with van der Waals surface area (Å²) in [6.07, 6.45) is 0. The van der Waals surface area contributed by atoms with Crippen LogP contribution in [0.2, 0.25) is 0 Å². The third-order valence-corrected chi connectivity index (χ3v) is 2.56. The molecule has 0 bridgehead atoms. The maximum absolute atomic E-state index is 11.2. The lowest BCUT2D eigenvalue weighted by molar-refractivity contribution is -0.149. The lowest BCUT2D eigenvalue weighted by atomic mass is 10.2. The number of ether oxygens (including phenoxy) is 4. The van der Waals surface area contributed by atoms with E-state index in [1.165, 1.54) is 0 Å². The van der Waals surface area contributed by atoms with Gasteiger partial charge in [-0.05, 0) is 12.1 Å². The largest absolute Gasteiger partial charge is 0.491 e. The number of hydrogen-bond donors (Lipinski definition) is 0. The molecule has 0 aromatic heterocycles. The summed E-state index contributed by atoms with van der Waals surface area (Å²) in [6, 6.07) is 9.61. The van der Waals surface area contributed by atoms with Crippen molar-refractivity contribution in [2.75, 3.05) is 39.6 Å². The molecule has 0 N–H and O–H groups in total. The highest BCUT2D eigenvalue weighted by Crippen LogP contribution is 2.07. The van der Waals surface area contributed by atoms with E-state index < -0.39 is 0 Å². The molecule has 0 aliphatic rings. The number of rotatable bonds is 11. The van der Waals surface area contributed by atoms with Crippen LogP contribution in [0.5, 0.6) is 5.75 Å². The van der Waals surface area contributed by atoms with Gasteiger partial charge in [-0.2, -0.15) is 0 Å². The molecule has 0 heterocycles. The molecule has 0 saturated heterocycles. The van der Waals surface area contributed by atoms with Crippen LogP contribution >= 0.6 is 0 Å². The highest BCUT2D eigenvalue weighted by molar-refractivity contribution is 5.71. The molecule has 1 aromatic rings. The molecule has 5 nitrogen and oxygen atoms in total. The predicted octanol–water partition coefficient (Wildman–Crippen LogP) is 2.30. The quantitative estimate of drug-likeness (QED) is 0.463. The molecule has 118 valence electrons. The second-order valence-electron chi connectivity index (χ2n) is 4.71. The molecule has 1 aromatic carbocycles. The van der Waals surface area contributed by atoms with Crippen molar-refractivity contribution in [1.29, 1.82) is 0 Å². The van der Waals surface area contributed by atoms with Crippen LogP contribution in [0.1, 0.15) is 13.8 Å². The number of para-hydroxylation sites is 1. The highest BCUT2D eigenvalue weighted by atomic mass is 16.6. The summed E-state index contributed by atoms with van der Waals surface area (Å²) < 4.78 is 21.1. The van der Waals surface area contributed by atoms with Gasteiger partial charge in [0.05, 0.1) is 32.3 Å². The van der Waals surface area contributed by atoms with Crippen LogP contribution in [0, 0.1) is 5.92 Å². The van der Waals surface area contributed by atoms with Crippen LogP contribution in [-0.4, -0.2) is 45.6 Å². The molecule has 0 atom stereocenters. The molecule has 0 spiro atoms. The molecule has 0 radical (unpaired) electrons. The van der Waals surface area contributed by atoms with E-state index in [1.807, 2.05) is 30.3 Å². The van der Waals surface area contributed by atoms with Crippen LogP contribution in [0.3, 0.4) is 0 Å². The van der Waals surface area contributed by atoms with Gasteiger partial charge < -0.3 is 18.9 Å². The van der Waals surface area contributed by atoms with Gasteiger partial charge in [-0.25, -0.2) is 0 Å². The summed E-state index contributed by atoms with van der Waals surface area (Å²) >= 11 is 0. The van der Waals surface area contributed by atoms with Crippen molar-refractivity contribution in [1.82, 2.24) is 0 Å². The van der Waals surface area contributed by atoms with Crippen molar-refractivity contribution in [2.45, 2.75) is 13.8 Å². The van der Waals surface area contributed by atoms with Crippen molar-refractivity contribution in [3.05, 3.63) is 30.3 Å². The second-order valence-corrected chi connectivity index (χ2v) is 4.71. The van der Waals surface area contributed by atoms with Crippen molar-refractivity contribution in [2.24, 2.45) is 5.92 Å². The van der Waals surface area contributed by atoms with Crippen LogP contribution in [0.25, 0.3) is 0 Å². The summed E-state index contributed by atoms with van der Waals surface area (Å²) in [7, 11) is 0. The van der Waals surface area contributed by atoms with Crippen LogP contribution in [0.15, 0.2) is 30.3 Å². The topological polar surface area (TPSA) is 54.0 Å². The fourth-order valence-electron chi connectivity index (χ4n) is 1.42. The SMILES string of the molecule is CC(C)C(=O)OCCOCCOCCOc1ccccc1. The predicted molar refractivity (Wildman–Crippen MR) is 79.4 cm³/mol. The Kier molecular flexibility index (Phi) is 9.24. The van der Waals surface area contributed by atoms with E-state index in [0.717, 1.165) is 5.75 Å². The summed E-state index contributed by atoms with van der Waals surface area (Å²) in [4.78, 5) is 11.2. The third kappa shape index (κ3) is 9.05. The average molecular weight is 296 g/mol. The van der Waals surface area contributed by atoms with Gasteiger partial charge in [0.15, 0.2) is 0 Å². The smallest absolute Gasteiger partial charge is 0.308 e. The lowest BCUT2D eigenvalue weighted by Gasteiger charge is -2.09. The first-order valence-corrected chi connectivity index (χ1v) is 7.20. The summed E-state index contributed by atoms with van der Waals surface area (Å²) in [5.74, 6) is 0.537. The normalized spacial score (nSPS) is 10.6. The first-order chi connectivity index (χ1) is 10.2. The van der Waals surface area contributed by atoms with Gasteiger partial charge in [0.1, 0.15) is 19.0 Å². The van der Waals surface area contributed by atoms with Gasteiger partial charge in [0.2, 0.25) is 0 Å². The Labute approximate surface area is 126 Å². The molecule has 21 heavy (non-hydrogen) atoms. The lowest BCUT2D eigenvalue weighted by Crippen LogP contribution is -2.16. The number of carbonyl (C=O) groups excluding carboxylic acids is 1. The second kappa shape index (κ2) is 11.1. The van der Waals surface area contributed by atoms with Gasteiger partial charge in [-0.1, -0.05) is 32.0 Å². The summed E-state index contributed by atoms with van der Waals surface area (Å²) in [5.41, 5.74) is 0. The van der Waals surface area contributed by atoms with Gasteiger partial charge in [0.25, 0.3) is 0 Å². The minimum atomic E-state index is -0.201. The van der Waals surface area contributed by atoms with E-state index in [-0.39, 0.29) is 18.5 Å². The van der Waals surface area contributed by atoms with Gasteiger partial charge in [-0.15, -0.1) is 0 Å². The van der Waals surface area contributed by atoms with Crippen molar-refractivity contribution in [3.63, 3.8) is 0 Å². The first kappa shape index (κ1) is 17.5. The Hall–Kier alpha value is -1.59. The number of benzene rings is 1. The minimum Gasteiger partial charge on any atom is -0.491 e. The molecule has 5 heteroatoms. The van der Waals surface area contributed by atoms with E-state index in [2.05, 4.69) is 0 Å². The molecule has 1 rings (SSSR count). The number of carbonyl (C=O) groups is 1. The molecule has 0 unspecified atom stereocenters. The maximum Gasteiger partial charge on any atom is 0.308 e. The van der Waals surface area contributed by atoms with E-state index >= 15 is 0 Å². The Morgan fingerprint density at radius 1 is 0.905 bits per heavy atom. The molecule has 0 aliphatic heterocycles. The van der Waals surface area contributed by atoms with Crippen molar-refractivity contribution in [3.8, 4) is 5.75 Å². The number of esters is 1. The average Bonchev–Trinajstić information content (AvgIpc) is 2.49. The Morgan fingerprint density at radius 3 is 2.10 bits per heavy atom. The van der Waals surface area contributed by atoms with Crippen LogP contribution in [0.4, 0.5) is 0 Å². The zero-order chi connectivity index (χ0) is 15.3. The highest BCUT2D eigenvalue weighted by Gasteiger charge is 2.06. The summed E-state index contributed by atoms with van der Waals surface area (Å²) in [6.45, 7) is 6.27. The fraction of sp³-hybridized carbons (Fsp3) is 0.562. The molecular weight excluding hydrogens is 272 g/mol. The van der Waals surface area contributed by atoms with E-state index in [9.17, 15) is 4.79 Å². The van der Waals surface area contributed by atoms with Gasteiger partial charge in [-0.3, -0.25) is 4.79 Å². The monoisotopic (exact) mass is 296 g/mol. The molecule has 0 fully saturated rings. The van der Waals surface area contributed by atoms with E-state index in [1.54, 1.807) is 13.8 Å². The Morgan fingerprint density at radius 2 is 1.48 bits per heavy atom. The minimum absolute atomic E-state index is 0.0991. The zero-order valence-corrected chi connectivity index (χ0v) is 12.7. The molecular formula is C16H24O5. The molecule has 0 aliphatic carbocycles. The van der Waals surface area contributed by atoms with Crippen molar-refractivity contribution < 1.29 is 23.7 Å². The van der Waals surface area contributed by atoms with Crippen LogP contribution in [-0.2, 0) is 19.0 Å². The Balaban J connectivity index is 1.84. The van der Waals surface area contributed by atoms with Crippen molar-refractivity contribution >= 4 is 5.97 Å². The zero-order valence-electron chi connectivity index (χ0n) is 12.7. The number of hydrogen-bond acceptors (Lipinski definition) is 5. The van der Waals surface area contributed by atoms with Gasteiger partial charge in [0, 0.05) is 0 Å². The Bertz CT molecular complexity index is 378. The first-order valence-electron chi connectivity index (χ1n) is 7.20. The standard InChI is InChI=1S/C16H24O5/c1-14(2)16(17)21-13-11-19-9-8-18-10-12-20-15-6-4-3-5-7-15/h3-7,14H,8-13H2,1-2H3. The molecule has 0 saturated carbocycles. The van der Waals surface area contributed by atoms with E-state index in [0.29, 0.717) is 33.0 Å². The molecule has 0 amide bonds. The fourth-order valence-corrected chi connectivity index (χ4v) is 1.42. The van der Waals surface area contributed by atoms with Crippen LogP contribution < -0.4 is 4.74 Å². The van der Waals surface area contributed by atoms with E-state index in [4.69, 9.17) is 18.9 Å². The third-order valence-electron chi connectivity index (χ3n) is 2.56. The summed E-state index contributed by atoms with van der Waals surface area (Å²) in [5, 5.41) is 0.